The van der Waals surface area contributed by atoms with Crippen LogP contribution in [0.15, 0.2) is 54.7 Å². The number of nitrogens with zero attached hydrogens (tertiary/aromatic N) is 1. The number of carbonyl (C=O) groups excluding carboxylic acids is 1. The molecule has 0 saturated heterocycles. The van der Waals surface area contributed by atoms with Gasteiger partial charge in [-0.05, 0) is 36.4 Å². The predicted octanol–water partition coefficient (Wildman–Crippen LogP) is 3.18. The quantitative estimate of drug-likeness (QED) is 0.784. The number of hydrogen-bond donors (Lipinski definition) is 1. The van der Waals surface area contributed by atoms with Crippen molar-refractivity contribution >= 4 is 16.8 Å². The van der Waals surface area contributed by atoms with E-state index in [1.165, 1.54) is 0 Å². The number of ether oxygens (including phenoxy) is 2. The molecule has 0 aliphatic carbocycles. The number of nitrogens with one attached hydrogen (secondary N) is 1. The fraction of sp³-hybridized carbons (Fsp3) is 0.158. The third-order valence-electron chi connectivity index (χ3n) is 3.82. The summed E-state index contributed by atoms with van der Waals surface area (Å²) in [6.45, 7) is 0.317. The first-order valence-electron chi connectivity index (χ1n) is 7.56. The minimum absolute atomic E-state index is 0.159. The van der Waals surface area contributed by atoms with Gasteiger partial charge >= 0.3 is 0 Å². The van der Waals surface area contributed by atoms with Gasteiger partial charge in [-0.2, -0.15) is 0 Å². The number of fused-ring (bicyclic) bond motifs is 1. The van der Waals surface area contributed by atoms with E-state index in [-0.39, 0.29) is 5.91 Å². The molecule has 1 aromatic heterocycles. The lowest BCUT2D eigenvalue weighted by Crippen LogP contribution is -2.23. The Labute approximate surface area is 140 Å². The van der Waals surface area contributed by atoms with Gasteiger partial charge in [-0.3, -0.25) is 9.78 Å². The minimum atomic E-state index is -0.159. The monoisotopic (exact) mass is 322 g/mol. The number of methoxy groups -OCH3 is 2. The van der Waals surface area contributed by atoms with Crippen molar-refractivity contribution in [2.24, 2.45) is 0 Å². The number of pyridine rings is 1. The van der Waals surface area contributed by atoms with Crippen LogP contribution < -0.4 is 14.8 Å². The van der Waals surface area contributed by atoms with E-state index in [0.717, 1.165) is 16.5 Å². The highest BCUT2D eigenvalue weighted by Crippen LogP contribution is 2.28. The molecule has 2 aromatic carbocycles. The van der Waals surface area contributed by atoms with Crippen LogP contribution in [0.25, 0.3) is 10.9 Å². The molecule has 1 amide bonds. The van der Waals surface area contributed by atoms with Crippen LogP contribution in [0.5, 0.6) is 11.5 Å². The van der Waals surface area contributed by atoms with Crippen LogP contribution in [0.4, 0.5) is 0 Å². The second-order valence-electron chi connectivity index (χ2n) is 5.23. The van der Waals surface area contributed by atoms with Gasteiger partial charge in [0.05, 0.1) is 31.8 Å². The molecular formula is C19H18N2O3. The number of hydrogen-bond acceptors (Lipinski definition) is 4. The third-order valence-corrected chi connectivity index (χ3v) is 3.82. The Kier molecular flexibility index (Phi) is 4.61. The highest BCUT2D eigenvalue weighted by Gasteiger charge is 2.12. The zero-order valence-electron chi connectivity index (χ0n) is 13.6. The van der Waals surface area contributed by atoms with E-state index >= 15 is 0 Å². The molecule has 5 nitrogen and oxygen atoms in total. The van der Waals surface area contributed by atoms with Gasteiger partial charge in [0.15, 0.2) is 0 Å². The van der Waals surface area contributed by atoms with Crippen LogP contribution in [0, 0.1) is 0 Å². The number of benzene rings is 2. The lowest BCUT2D eigenvalue weighted by molar-refractivity contribution is 0.0950. The fourth-order valence-corrected chi connectivity index (χ4v) is 2.59. The van der Waals surface area contributed by atoms with Gasteiger partial charge in [0.25, 0.3) is 5.91 Å². The summed E-state index contributed by atoms with van der Waals surface area (Å²) in [4.78, 5) is 16.7. The minimum Gasteiger partial charge on any atom is -0.496 e. The summed E-state index contributed by atoms with van der Waals surface area (Å²) in [5.41, 5.74) is 2.25. The molecule has 0 unspecified atom stereocenters. The maximum atomic E-state index is 12.4. The Morgan fingerprint density at radius 3 is 2.50 bits per heavy atom. The Morgan fingerprint density at radius 1 is 1.04 bits per heavy atom. The van der Waals surface area contributed by atoms with Gasteiger partial charge in [0.2, 0.25) is 0 Å². The molecule has 5 heteroatoms. The maximum absolute atomic E-state index is 12.4. The van der Waals surface area contributed by atoms with Crippen LogP contribution in [0.1, 0.15) is 15.9 Å². The predicted molar refractivity (Wildman–Crippen MR) is 92.5 cm³/mol. The van der Waals surface area contributed by atoms with Crippen molar-refractivity contribution in [2.45, 2.75) is 6.54 Å². The Balaban J connectivity index is 1.80. The zero-order valence-corrected chi connectivity index (χ0v) is 13.6. The summed E-state index contributed by atoms with van der Waals surface area (Å²) in [5.74, 6) is 1.20. The number of carbonyl (C=O) groups is 1. The average Bonchev–Trinajstić information content (AvgIpc) is 2.65. The van der Waals surface area contributed by atoms with Gasteiger partial charge in [-0.15, -0.1) is 0 Å². The normalized spacial score (nSPS) is 10.4. The van der Waals surface area contributed by atoms with Crippen LogP contribution in [-0.2, 0) is 6.54 Å². The molecule has 1 N–H and O–H groups in total. The Hall–Kier alpha value is -3.08. The summed E-state index contributed by atoms with van der Waals surface area (Å²) in [5, 5.41) is 3.84. The van der Waals surface area contributed by atoms with Crippen LogP contribution in [-0.4, -0.2) is 25.1 Å². The number of aromatic nitrogens is 1. The molecule has 0 aliphatic heterocycles. The molecule has 3 aromatic rings. The van der Waals surface area contributed by atoms with Crippen molar-refractivity contribution in [3.8, 4) is 11.5 Å². The van der Waals surface area contributed by atoms with E-state index in [4.69, 9.17) is 9.47 Å². The molecule has 0 atom stereocenters. The van der Waals surface area contributed by atoms with E-state index in [2.05, 4.69) is 10.3 Å². The smallest absolute Gasteiger partial charge is 0.251 e. The van der Waals surface area contributed by atoms with Crippen molar-refractivity contribution < 1.29 is 14.3 Å². The largest absolute Gasteiger partial charge is 0.496 e. The molecule has 0 spiro atoms. The van der Waals surface area contributed by atoms with Crippen molar-refractivity contribution in [1.29, 1.82) is 0 Å². The van der Waals surface area contributed by atoms with Crippen LogP contribution >= 0.6 is 0 Å². The van der Waals surface area contributed by atoms with Crippen LogP contribution in [0.2, 0.25) is 0 Å². The van der Waals surface area contributed by atoms with E-state index < -0.39 is 0 Å². The SMILES string of the molecule is COc1cccc(OC)c1CNC(=O)c1ccc2ncccc2c1. The first kappa shape index (κ1) is 15.8. The van der Waals surface area contributed by atoms with E-state index in [0.29, 0.717) is 23.6 Å². The molecule has 0 fully saturated rings. The molecule has 122 valence electrons. The Morgan fingerprint density at radius 2 is 1.79 bits per heavy atom. The molecule has 0 bridgehead atoms. The third kappa shape index (κ3) is 3.15. The number of rotatable bonds is 5. The van der Waals surface area contributed by atoms with Crippen molar-refractivity contribution in [3.63, 3.8) is 0 Å². The molecule has 0 saturated carbocycles. The molecule has 0 aliphatic rings. The first-order chi connectivity index (χ1) is 11.7. The summed E-state index contributed by atoms with van der Waals surface area (Å²) >= 11 is 0. The van der Waals surface area contributed by atoms with Crippen molar-refractivity contribution in [3.05, 3.63) is 65.9 Å². The highest BCUT2D eigenvalue weighted by molar-refractivity contribution is 5.97. The van der Waals surface area contributed by atoms with Crippen molar-refractivity contribution in [2.75, 3.05) is 14.2 Å². The van der Waals surface area contributed by atoms with Crippen molar-refractivity contribution in [1.82, 2.24) is 10.3 Å². The molecule has 1 heterocycles. The zero-order chi connectivity index (χ0) is 16.9. The molecule has 3 rings (SSSR count). The topological polar surface area (TPSA) is 60.5 Å². The van der Waals surface area contributed by atoms with E-state index in [1.807, 2.05) is 42.5 Å². The number of amides is 1. The lowest BCUT2D eigenvalue weighted by Gasteiger charge is -2.13. The van der Waals surface area contributed by atoms with Gasteiger partial charge in [0, 0.05) is 17.1 Å². The van der Waals surface area contributed by atoms with Gasteiger partial charge in [-0.1, -0.05) is 12.1 Å². The highest BCUT2D eigenvalue weighted by atomic mass is 16.5. The average molecular weight is 322 g/mol. The summed E-state index contributed by atoms with van der Waals surface area (Å²) in [6.07, 6.45) is 1.73. The van der Waals surface area contributed by atoms with Gasteiger partial charge in [0.1, 0.15) is 11.5 Å². The standard InChI is InChI=1S/C19H18N2O3/c1-23-17-6-3-7-18(24-2)15(17)12-21-19(22)14-8-9-16-13(11-14)5-4-10-20-16/h3-11H,12H2,1-2H3,(H,21,22). The molecular weight excluding hydrogens is 304 g/mol. The van der Waals surface area contributed by atoms with E-state index in [1.54, 1.807) is 26.5 Å². The fourth-order valence-electron chi connectivity index (χ4n) is 2.59. The molecule has 24 heavy (non-hydrogen) atoms. The Bertz CT molecular complexity index is 855. The maximum Gasteiger partial charge on any atom is 0.251 e. The van der Waals surface area contributed by atoms with Gasteiger partial charge < -0.3 is 14.8 Å². The summed E-state index contributed by atoms with van der Waals surface area (Å²) in [6, 6.07) is 14.7. The van der Waals surface area contributed by atoms with Crippen LogP contribution in [0.3, 0.4) is 0 Å². The first-order valence-corrected chi connectivity index (χ1v) is 7.56. The van der Waals surface area contributed by atoms with Gasteiger partial charge in [-0.25, -0.2) is 0 Å². The summed E-state index contributed by atoms with van der Waals surface area (Å²) < 4.78 is 10.7. The van der Waals surface area contributed by atoms with E-state index in [9.17, 15) is 4.79 Å². The molecule has 0 radical (unpaired) electrons. The lowest BCUT2D eigenvalue weighted by atomic mass is 10.1. The second kappa shape index (κ2) is 7.00. The summed E-state index contributed by atoms with van der Waals surface area (Å²) in [7, 11) is 3.19. The second-order valence-corrected chi connectivity index (χ2v) is 5.23.